The number of fused-ring (bicyclic) bond motifs is 1. The van der Waals surface area contributed by atoms with E-state index in [-0.39, 0.29) is 23.9 Å². The number of benzene rings is 2. The van der Waals surface area contributed by atoms with Crippen LogP contribution < -0.4 is 4.74 Å². The lowest BCUT2D eigenvalue weighted by atomic mass is 10.0. The number of hydrogen-bond donors (Lipinski definition) is 0. The molecule has 0 spiro atoms. The lowest BCUT2D eigenvalue weighted by molar-refractivity contribution is -0.169. The van der Waals surface area contributed by atoms with Gasteiger partial charge in [0.25, 0.3) is 0 Å². The summed E-state index contributed by atoms with van der Waals surface area (Å²) in [6.07, 6.45) is 0. The zero-order chi connectivity index (χ0) is 19.6. The first-order valence-corrected chi connectivity index (χ1v) is 9.43. The third-order valence-electron chi connectivity index (χ3n) is 3.77. The van der Waals surface area contributed by atoms with Crippen LogP contribution in [-0.2, 0) is 19.1 Å². The summed E-state index contributed by atoms with van der Waals surface area (Å²) in [5.41, 5.74) is 0.845. The summed E-state index contributed by atoms with van der Waals surface area (Å²) in [4.78, 5) is 23.3. The van der Waals surface area contributed by atoms with Crippen molar-refractivity contribution < 1.29 is 28.2 Å². The van der Waals surface area contributed by atoms with Crippen molar-refractivity contribution in [3.63, 3.8) is 0 Å². The summed E-state index contributed by atoms with van der Waals surface area (Å²) in [6.45, 7) is 3.31. The Bertz CT molecular complexity index is 884. The van der Waals surface area contributed by atoms with Crippen molar-refractivity contribution in [2.24, 2.45) is 0 Å². The number of ether oxygens (including phenoxy) is 3. The summed E-state index contributed by atoms with van der Waals surface area (Å²) in [5, 5.41) is 0.378. The second kappa shape index (κ2) is 7.78. The fourth-order valence-electron chi connectivity index (χ4n) is 2.65. The lowest BCUT2D eigenvalue weighted by Gasteiger charge is -2.23. The van der Waals surface area contributed by atoms with Crippen LogP contribution in [0.3, 0.4) is 0 Å². The Kier molecular flexibility index (Phi) is 5.62. The normalized spacial score (nSPS) is 14.2. The molecule has 27 heavy (non-hydrogen) atoms. The highest BCUT2D eigenvalue weighted by molar-refractivity contribution is 8.02. The van der Waals surface area contributed by atoms with Crippen molar-refractivity contribution >= 4 is 35.3 Å². The first kappa shape index (κ1) is 19.5. The van der Waals surface area contributed by atoms with Crippen LogP contribution in [0.1, 0.15) is 13.8 Å². The standard InChI is InChI=1S/C19H16ClFO5S/c1-3-24-17(22)19(18(23)25-4-2)26-16-13(9-11(21)10-15(16)27-19)12-7-5-6-8-14(12)20/h5-10H,3-4H2,1-2H3. The first-order chi connectivity index (χ1) is 12.9. The molecule has 142 valence electrons. The van der Waals surface area contributed by atoms with Crippen LogP contribution in [0, 0.1) is 5.82 Å². The van der Waals surface area contributed by atoms with Crippen molar-refractivity contribution in [3.8, 4) is 16.9 Å². The molecule has 0 saturated carbocycles. The highest BCUT2D eigenvalue weighted by Gasteiger charge is 2.58. The van der Waals surface area contributed by atoms with E-state index in [2.05, 4.69) is 0 Å². The Morgan fingerprint density at radius 1 is 1.11 bits per heavy atom. The van der Waals surface area contributed by atoms with Crippen LogP contribution in [0.2, 0.25) is 5.02 Å². The molecule has 0 amide bonds. The maximum atomic E-state index is 14.2. The summed E-state index contributed by atoms with van der Waals surface area (Å²) >= 11 is 6.99. The van der Waals surface area contributed by atoms with Gasteiger partial charge in [-0.25, -0.2) is 14.0 Å². The molecule has 0 N–H and O–H groups in total. The number of halogens is 2. The molecule has 0 atom stereocenters. The molecule has 0 saturated heterocycles. The molecule has 8 heteroatoms. The van der Waals surface area contributed by atoms with Crippen LogP contribution in [0.15, 0.2) is 41.3 Å². The van der Waals surface area contributed by atoms with E-state index < -0.39 is 22.7 Å². The van der Waals surface area contributed by atoms with E-state index in [1.807, 2.05) is 0 Å². The van der Waals surface area contributed by atoms with Gasteiger partial charge in [0, 0.05) is 16.1 Å². The maximum Gasteiger partial charge on any atom is 0.374 e. The van der Waals surface area contributed by atoms with Crippen molar-refractivity contribution in [2.75, 3.05) is 13.2 Å². The molecule has 2 aromatic rings. The van der Waals surface area contributed by atoms with E-state index in [1.165, 1.54) is 12.1 Å². The minimum Gasteiger partial charge on any atom is -0.462 e. The van der Waals surface area contributed by atoms with Gasteiger partial charge < -0.3 is 14.2 Å². The fourth-order valence-corrected chi connectivity index (χ4v) is 4.02. The van der Waals surface area contributed by atoms with Gasteiger partial charge in [0.1, 0.15) is 11.6 Å². The molecule has 1 aliphatic heterocycles. The van der Waals surface area contributed by atoms with Gasteiger partial charge in [-0.05, 0) is 32.0 Å². The van der Waals surface area contributed by atoms with Gasteiger partial charge in [0.2, 0.25) is 0 Å². The van der Waals surface area contributed by atoms with E-state index >= 15 is 0 Å². The summed E-state index contributed by atoms with van der Waals surface area (Å²) < 4.78 is 30.1. The summed E-state index contributed by atoms with van der Waals surface area (Å²) in [6, 6.07) is 9.26. The van der Waals surface area contributed by atoms with Gasteiger partial charge in [0.15, 0.2) is 0 Å². The topological polar surface area (TPSA) is 61.8 Å². The van der Waals surface area contributed by atoms with Crippen LogP contribution in [0.4, 0.5) is 4.39 Å². The number of esters is 2. The molecule has 2 aromatic carbocycles. The monoisotopic (exact) mass is 410 g/mol. The predicted molar refractivity (Wildman–Crippen MR) is 99.3 cm³/mol. The number of carbonyl (C=O) groups excluding carboxylic acids is 2. The van der Waals surface area contributed by atoms with Gasteiger partial charge >= 0.3 is 16.9 Å². The average Bonchev–Trinajstić information content (AvgIpc) is 3.03. The summed E-state index contributed by atoms with van der Waals surface area (Å²) in [5.74, 6) is -2.19. The Morgan fingerprint density at radius 3 is 2.33 bits per heavy atom. The minimum absolute atomic E-state index is 0.0476. The zero-order valence-electron chi connectivity index (χ0n) is 14.6. The molecule has 0 radical (unpaired) electrons. The molecule has 0 bridgehead atoms. The molecule has 0 fully saturated rings. The highest BCUT2D eigenvalue weighted by atomic mass is 35.5. The molecular weight excluding hydrogens is 395 g/mol. The Hall–Kier alpha value is -2.25. The predicted octanol–water partition coefficient (Wildman–Crippen LogP) is 4.45. The van der Waals surface area contributed by atoms with Gasteiger partial charge in [-0.3, -0.25) is 0 Å². The third-order valence-corrected chi connectivity index (χ3v) is 5.33. The van der Waals surface area contributed by atoms with E-state index in [4.69, 9.17) is 25.8 Å². The largest absolute Gasteiger partial charge is 0.462 e. The molecule has 0 aliphatic carbocycles. The molecule has 1 heterocycles. The molecule has 3 rings (SSSR count). The average molecular weight is 411 g/mol. The Morgan fingerprint density at radius 2 is 1.74 bits per heavy atom. The quantitative estimate of drug-likeness (QED) is 0.536. The Labute approximate surface area is 164 Å². The number of rotatable bonds is 5. The van der Waals surface area contributed by atoms with E-state index in [9.17, 15) is 14.0 Å². The smallest absolute Gasteiger partial charge is 0.374 e. The zero-order valence-corrected chi connectivity index (χ0v) is 16.2. The van der Waals surface area contributed by atoms with Gasteiger partial charge in [-0.1, -0.05) is 41.6 Å². The van der Waals surface area contributed by atoms with Gasteiger partial charge in [0.05, 0.1) is 18.1 Å². The van der Waals surface area contributed by atoms with Crippen LogP contribution in [-0.4, -0.2) is 30.1 Å². The van der Waals surface area contributed by atoms with Crippen molar-refractivity contribution in [1.29, 1.82) is 0 Å². The molecule has 0 unspecified atom stereocenters. The molecule has 1 aliphatic rings. The highest BCUT2D eigenvalue weighted by Crippen LogP contribution is 2.53. The van der Waals surface area contributed by atoms with Gasteiger partial charge in [-0.15, -0.1) is 0 Å². The van der Waals surface area contributed by atoms with Crippen molar-refractivity contribution in [1.82, 2.24) is 0 Å². The number of carbonyl (C=O) groups is 2. The lowest BCUT2D eigenvalue weighted by Crippen LogP contribution is -2.49. The molecule has 0 aromatic heterocycles. The van der Waals surface area contributed by atoms with Crippen molar-refractivity contribution in [3.05, 3.63) is 47.2 Å². The van der Waals surface area contributed by atoms with Crippen LogP contribution in [0.5, 0.6) is 5.75 Å². The number of hydrogen-bond acceptors (Lipinski definition) is 6. The van der Waals surface area contributed by atoms with E-state index in [1.54, 1.807) is 38.1 Å². The maximum absolute atomic E-state index is 14.2. The second-order valence-corrected chi connectivity index (χ2v) is 7.15. The van der Waals surface area contributed by atoms with E-state index in [0.717, 1.165) is 11.8 Å². The second-order valence-electron chi connectivity index (χ2n) is 5.52. The van der Waals surface area contributed by atoms with Gasteiger partial charge in [-0.2, -0.15) is 0 Å². The Balaban J connectivity index is 2.14. The van der Waals surface area contributed by atoms with E-state index in [0.29, 0.717) is 16.1 Å². The van der Waals surface area contributed by atoms with Crippen LogP contribution in [0.25, 0.3) is 11.1 Å². The van der Waals surface area contributed by atoms with Crippen molar-refractivity contribution in [2.45, 2.75) is 23.7 Å². The first-order valence-electron chi connectivity index (χ1n) is 8.23. The minimum atomic E-state index is -2.09. The third kappa shape index (κ3) is 3.49. The number of thioether (sulfide) groups is 1. The summed E-state index contributed by atoms with van der Waals surface area (Å²) in [7, 11) is 0. The molecule has 5 nitrogen and oxygen atoms in total. The SMILES string of the molecule is CCOC(=O)C1(C(=O)OCC)Oc2c(cc(F)cc2-c2ccccc2Cl)S1. The molecular formula is C19H16ClFO5S. The van der Waals surface area contributed by atoms with Crippen LogP contribution >= 0.6 is 23.4 Å². The fraction of sp³-hybridized carbons (Fsp3) is 0.263.